The zero-order valence-electron chi connectivity index (χ0n) is 12.5. The number of benzene rings is 1. The van der Waals surface area contributed by atoms with Crippen LogP contribution in [0.15, 0.2) is 24.3 Å². The topological polar surface area (TPSA) is 54.0 Å². The van der Waals surface area contributed by atoms with Crippen LogP contribution in [0.4, 0.5) is 0 Å². The molecule has 0 bridgehead atoms. The Kier molecular flexibility index (Phi) is 3.84. The average Bonchev–Trinajstić information content (AvgIpc) is 2.96. The molecule has 0 radical (unpaired) electrons. The standard InChI is InChI=1S/C17H21N3OS/c21-17-11-5-1-2-6-12(11)18-15(20-17)9-10-16-19-13-7-3-4-8-14(13)22-16/h3-4,7-8,11-12,15,18H,1-2,5-6,9-10H2,(H,20,21). The number of aryl methyl sites for hydroxylation is 1. The molecule has 0 spiro atoms. The number of rotatable bonds is 3. The van der Waals surface area contributed by atoms with Gasteiger partial charge in [-0.3, -0.25) is 10.1 Å². The summed E-state index contributed by atoms with van der Waals surface area (Å²) in [5.41, 5.74) is 1.08. The number of hydrogen-bond acceptors (Lipinski definition) is 4. The minimum absolute atomic E-state index is 0.0962. The Balaban J connectivity index is 1.40. The lowest BCUT2D eigenvalue weighted by Crippen LogP contribution is -2.62. The molecule has 1 amide bonds. The molecule has 2 N–H and O–H groups in total. The lowest BCUT2D eigenvalue weighted by atomic mass is 9.82. The molecule has 1 aromatic carbocycles. The van der Waals surface area contributed by atoms with Gasteiger partial charge in [0.2, 0.25) is 5.91 Å². The van der Waals surface area contributed by atoms with Crippen molar-refractivity contribution in [3.8, 4) is 0 Å². The van der Waals surface area contributed by atoms with E-state index in [1.54, 1.807) is 11.3 Å². The van der Waals surface area contributed by atoms with Gasteiger partial charge in [0.25, 0.3) is 0 Å². The van der Waals surface area contributed by atoms with Crippen LogP contribution in [0, 0.1) is 5.92 Å². The number of nitrogens with zero attached hydrogens (tertiary/aromatic N) is 1. The van der Waals surface area contributed by atoms with Crippen molar-refractivity contribution >= 4 is 27.5 Å². The highest BCUT2D eigenvalue weighted by Crippen LogP contribution is 2.28. The zero-order chi connectivity index (χ0) is 14.9. The van der Waals surface area contributed by atoms with Crippen LogP contribution in [-0.2, 0) is 11.2 Å². The molecule has 22 heavy (non-hydrogen) atoms. The fourth-order valence-electron chi connectivity index (χ4n) is 3.67. The summed E-state index contributed by atoms with van der Waals surface area (Å²) >= 11 is 1.76. The molecule has 2 fully saturated rings. The predicted molar refractivity (Wildman–Crippen MR) is 88.8 cm³/mol. The predicted octanol–water partition coefficient (Wildman–Crippen LogP) is 2.83. The number of para-hydroxylation sites is 1. The van der Waals surface area contributed by atoms with E-state index in [9.17, 15) is 4.79 Å². The van der Waals surface area contributed by atoms with E-state index in [4.69, 9.17) is 0 Å². The molecule has 2 aliphatic rings. The van der Waals surface area contributed by atoms with Gasteiger partial charge in [-0.25, -0.2) is 4.98 Å². The monoisotopic (exact) mass is 315 g/mol. The molecule has 4 rings (SSSR count). The molecule has 1 aliphatic heterocycles. The van der Waals surface area contributed by atoms with E-state index in [2.05, 4.69) is 33.8 Å². The summed E-state index contributed by atoms with van der Waals surface area (Å²) in [5, 5.41) is 7.94. The smallest absolute Gasteiger partial charge is 0.225 e. The highest BCUT2D eigenvalue weighted by atomic mass is 32.1. The fraction of sp³-hybridized carbons (Fsp3) is 0.529. The fourth-order valence-corrected chi connectivity index (χ4v) is 4.66. The Bertz CT molecular complexity index is 650. The average molecular weight is 315 g/mol. The van der Waals surface area contributed by atoms with E-state index in [-0.39, 0.29) is 18.0 Å². The Morgan fingerprint density at radius 3 is 3.00 bits per heavy atom. The van der Waals surface area contributed by atoms with Crippen molar-refractivity contribution in [1.82, 2.24) is 15.6 Å². The molecule has 4 nitrogen and oxygen atoms in total. The van der Waals surface area contributed by atoms with Gasteiger partial charge in [0, 0.05) is 12.5 Å². The van der Waals surface area contributed by atoms with Crippen LogP contribution in [0.5, 0.6) is 0 Å². The summed E-state index contributed by atoms with van der Waals surface area (Å²) in [6.45, 7) is 0. The molecule has 2 heterocycles. The number of carbonyl (C=O) groups excluding carboxylic acids is 1. The van der Waals surface area contributed by atoms with E-state index in [0.29, 0.717) is 6.04 Å². The normalized spacial score (nSPS) is 28.4. The van der Waals surface area contributed by atoms with Gasteiger partial charge in [0.1, 0.15) is 0 Å². The van der Waals surface area contributed by atoms with Gasteiger partial charge in [0.05, 0.1) is 27.3 Å². The molecule has 1 saturated heterocycles. The summed E-state index contributed by atoms with van der Waals surface area (Å²) in [5.74, 6) is 0.435. The van der Waals surface area contributed by atoms with Crippen molar-refractivity contribution in [2.75, 3.05) is 0 Å². The van der Waals surface area contributed by atoms with Crippen molar-refractivity contribution in [2.45, 2.75) is 50.7 Å². The maximum Gasteiger partial charge on any atom is 0.225 e. The third-order valence-corrected chi connectivity index (χ3v) is 5.92. The second-order valence-corrected chi connectivity index (χ2v) is 7.45. The highest BCUT2D eigenvalue weighted by molar-refractivity contribution is 7.18. The van der Waals surface area contributed by atoms with Crippen molar-refractivity contribution in [3.05, 3.63) is 29.3 Å². The first kappa shape index (κ1) is 14.2. The second-order valence-electron chi connectivity index (χ2n) is 6.34. The minimum atomic E-state index is 0.0962. The van der Waals surface area contributed by atoms with Gasteiger partial charge in [-0.1, -0.05) is 25.0 Å². The quantitative estimate of drug-likeness (QED) is 0.916. The van der Waals surface area contributed by atoms with E-state index >= 15 is 0 Å². The molecule has 2 aromatic rings. The SMILES string of the molecule is O=C1NC(CCc2nc3ccccc3s2)NC2CCCCC12. The van der Waals surface area contributed by atoms with Gasteiger partial charge in [-0.15, -0.1) is 11.3 Å². The number of nitrogens with one attached hydrogen (secondary N) is 2. The summed E-state index contributed by atoms with van der Waals surface area (Å²) in [7, 11) is 0. The van der Waals surface area contributed by atoms with Crippen molar-refractivity contribution in [2.24, 2.45) is 5.92 Å². The van der Waals surface area contributed by atoms with Gasteiger partial charge in [-0.05, 0) is 31.4 Å². The first-order chi connectivity index (χ1) is 10.8. The number of carbonyl (C=O) groups is 1. The number of thiazole rings is 1. The maximum atomic E-state index is 12.2. The first-order valence-electron chi connectivity index (χ1n) is 8.20. The molecule has 1 saturated carbocycles. The Morgan fingerprint density at radius 2 is 2.09 bits per heavy atom. The van der Waals surface area contributed by atoms with Crippen LogP contribution in [0.3, 0.4) is 0 Å². The van der Waals surface area contributed by atoms with E-state index in [1.165, 1.54) is 17.5 Å². The second kappa shape index (κ2) is 5.97. The Morgan fingerprint density at radius 1 is 1.23 bits per heavy atom. The maximum absolute atomic E-state index is 12.2. The molecule has 116 valence electrons. The lowest BCUT2D eigenvalue weighted by molar-refractivity contribution is -0.130. The van der Waals surface area contributed by atoms with E-state index in [1.807, 2.05) is 6.07 Å². The van der Waals surface area contributed by atoms with Crippen LogP contribution in [0.1, 0.15) is 37.1 Å². The number of fused-ring (bicyclic) bond motifs is 2. The minimum Gasteiger partial charge on any atom is -0.340 e. The van der Waals surface area contributed by atoms with E-state index in [0.717, 1.165) is 36.2 Å². The molecule has 1 aliphatic carbocycles. The number of hydrogen-bond donors (Lipinski definition) is 2. The number of amides is 1. The van der Waals surface area contributed by atoms with Crippen LogP contribution >= 0.6 is 11.3 Å². The Hall–Kier alpha value is -1.46. The number of aromatic nitrogens is 1. The molecule has 3 atom stereocenters. The molecule has 5 heteroatoms. The zero-order valence-corrected chi connectivity index (χ0v) is 13.4. The third kappa shape index (κ3) is 2.75. The highest BCUT2D eigenvalue weighted by Gasteiger charge is 2.36. The largest absolute Gasteiger partial charge is 0.340 e. The van der Waals surface area contributed by atoms with Crippen molar-refractivity contribution in [3.63, 3.8) is 0 Å². The van der Waals surface area contributed by atoms with Gasteiger partial charge in [-0.2, -0.15) is 0 Å². The van der Waals surface area contributed by atoms with Crippen LogP contribution in [0.25, 0.3) is 10.2 Å². The molecular formula is C17H21N3OS. The van der Waals surface area contributed by atoms with Crippen molar-refractivity contribution < 1.29 is 4.79 Å². The summed E-state index contributed by atoms with van der Waals surface area (Å²) in [6.07, 6.45) is 6.52. The van der Waals surface area contributed by atoms with E-state index < -0.39 is 0 Å². The van der Waals surface area contributed by atoms with Crippen molar-refractivity contribution in [1.29, 1.82) is 0 Å². The third-order valence-electron chi connectivity index (χ3n) is 4.82. The first-order valence-corrected chi connectivity index (χ1v) is 9.02. The van der Waals surface area contributed by atoms with Crippen LogP contribution in [-0.4, -0.2) is 23.1 Å². The van der Waals surface area contributed by atoms with Gasteiger partial charge in [0.15, 0.2) is 0 Å². The summed E-state index contributed by atoms with van der Waals surface area (Å²) in [6, 6.07) is 8.63. The summed E-state index contributed by atoms with van der Waals surface area (Å²) < 4.78 is 1.24. The Labute approximate surface area is 134 Å². The van der Waals surface area contributed by atoms with Gasteiger partial charge < -0.3 is 5.32 Å². The van der Waals surface area contributed by atoms with Gasteiger partial charge >= 0.3 is 0 Å². The molecular weight excluding hydrogens is 294 g/mol. The lowest BCUT2D eigenvalue weighted by Gasteiger charge is -2.40. The van der Waals surface area contributed by atoms with Crippen LogP contribution in [0.2, 0.25) is 0 Å². The molecule has 1 aromatic heterocycles. The summed E-state index contributed by atoms with van der Waals surface area (Å²) in [4.78, 5) is 16.9. The van der Waals surface area contributed by atoms with Crippen LogP contribution < -0.4 is 10.6 Å². The molecule has 3 unspecified atom stereocenters.